The second-order valence-electron chi connectivity index (χ2n) is 3.98. The fourth-order valence-electron chi connectivity index (χ4n) is 1.22. The van der Waals surface area contributed by atoms with Gasteiger partial charge in [0.05, 0.1) is 0 Å². The molecule has 1 aromatic rings. The van der Waals surface area contributed by atoms with E-state index in [4.69, 9.17) is 0 Å². The minimum absolute atomic E-state index is 0.0992. The van der Waals surface area contributed by atoms with Gasteiger partial charge in [-0.15, -0.1) is 0 Å². The number of rotatable bonds is 4. The van der Waals surface area contributed by atoms with Gasteiger partial charge < -0.3 is 5.11 Å². The average molecular weight is 228 g/mol. The summed E-state index contributed by atoms with van der Waals surface area (Å²) in [5.41, 5.74) is -1.05. The molecule has 0 aliphatic rings. The van der Waals surface area contributed by atoms with Gasteiger partial charge in [-0.25, -0.2) is 8.78 Å². The van der Waals surface area contributed by atoms with Crippen LogP contribution in [0.15, 0.2) is 18.2 Å². The summed E-state index contributed by atoms with van der Waals surface area (Å²) in [6.45, 7) is 3.10. The van der Waals surface area contributed by atoms with E-state index in [0.29, 0.717) is 5.56 Å². The van der Waals surface area contributed by atoms with Crippen LogP contribution in [0.1, 0.15) is 25.8 Å². The van der Waals surface area contributed by atoms with Gasteiger partial charge in [0.15, 0.2) is 17.4 Å². The molecule has 0 aliphatic heterocycles. The van der Waals surface area contributed by atoms with Gasteiger partial charge in [0.2, 0.25) is 0 Å². The van der Waals surface area contributed by atoms with Crippen molar-refractivity contribution < 1.29 is 18.7 Å². The van der Waals surface area contributed by atoms with Crippen molar-refractivity contribution in [1.29, 1.82) is 0 Å². The van der Waals surface area contributed by atoms with E-state index in [1.165, 1.54) is 13.0 Å². The van der Waals surface area contributed by atoms with Crippen LogP contribution in [0.3, 0.4) is 0 Å². The minimum Gasteiger partial charge on any atom is -0.382 e. The molecule has 0 bridgehead atoms. The van der Waals surface area contributed by atoms with Gasteiger partial charge in [0.1, 0.15) is 5.60 Å². The quantitative estimate of drug-likeness (QED) is 0.858. The molecular weight excluding hydrogens is 214 g/mol. The average Bonchev–Trinajstić information content (AvgIpc) is 2.23. The molecule has 0 aromatic heterocycles. The molecule has 0 aliphatic carbocycles. The Bertz CT molecular complexity index is 400. The molecule has 1 rings (SSSR count). The number of hydrogen-bond donors (Lipinski definition) is 1. The van der Waals surface area contributed by atoms with E-state index in [1.54, 1.807) is 6.92 Å². The van der Waals surface area contributed by atoms with Gasteiger partial charge in [-0.05, 0) is 31.0 Å². The summed E-state index contributed by atoms with van der Waals surface area (Å²) in [4.78, 5) is 11.6. The van der Waals surface area contributed by atoms with Gasteiger partial charge in [0.25, 0.3) is 0 Å². The van der Waals surface area contributed by atoms with Crippen molar-refractivity contribution in [2.45, 2.75) is 32.3 Å². The maximum absolute atomic E-state index is 12.9. The van der Waals surface area contributed by atoms with E-state index in [9.17, 15) is 18.7 Å². The lowest BCUT2D eigenvalue weighted by Gasteiger charge is -2.19. The second-order valence-corrected chi connectivity index (χ2v) is 3.98. The molecule has 0 heterocycles. The monoisotopic (exact) mass is 228 g/mol. The van der Waals surface area contributed by atoms with Crippen LogP contribution in [0.25, 0.3) is 0 Å². The molecule has 0 saturated heterocycles. The molecule has 16 heavy (non-hydrogen) atoms. The number of halogens is 2. The number of carbonyl (C=O) groups is 1. The fourth-order valence-corrected chi connectivity index (χ4v) is 1.22. The Morgan fingerprint density at radius 2 is 2.00 bits per heavy atom. The Hall–Kier alpha value is -1.29. The predicted molar refractivity (Wildman–Crippen MR) is 56.0 cm³/mol. The van der Waals surface area contributed by atoms with E-state index in [2.05, 4.69) is 0 Å². The number of aliphatic hydroxyl groups is 1. The summed E-state index contributed by atoms with van der Waals surface area (Å²) in [7, 11) is 0. The summed E-state index contributed by atoms with van der Waals surface area (Å²) in [6, 6.07) is 3.28. The maximum Gasteiger partial charge on any atom is 0.168 e. The molecule has 2 nitrogen and oxygen atoms in total. The molecule has 0 radical (unpaired) electrons. The zero-order chi connectivity index (χ0) is 12.3. The number of ketones is 1. The van der Waals surface area contributed by atoms with Crippen molar-refractivity contribution in [3.8, 4) is 0 Å². The van der Waals surface area contributed by atoms with Crippen LogP contribution < -0.4 is 0 Å². The van der Waals surface area contributed by atoms with Crippen molar-refractivity contribution in [3.05, 3.63) is 35.4 Å². The van der Waals surface area contributed by atoms with Gasteiger partial charge >= 0.3 is 0 Å². The van der Waals surface area contributed by atoms with Gasteiger partial charge in [0, 0.05) is 6.42 Å². The zero-order valence-electron chi connectivity index (χ0n) is 9.26. The molecule has 0 fully saturated rings. The molecule has 1 N–H and O–H groups in total. The highest BCUT2D eigenvalue weighted by Gasteiger charge is 2.27. The van der Waals surface area contributed by atoms with Crippen molar-refractivity contribution in [3.63, 3.8) is 0 Å². The van der Waals surface area contributed by atoms with E-state index in [1.807, 2.05) is 0 Å². The molecule has 0 saturated carbocycles. The maximum atomic E-state index is 12.9. The van der Waals surface area contributed by atoms with Crippen LogP contribution in [0, 0.1) is 11.6 Å². The van der Waals surface area contributed by atoms with E-state index in [-0.39, 0.29) is 12.8 Å². The Morgan fingerprint density at radius 3 is 2.50 bits per heavy atom. The van der Waals surface area contributed by atoms with Crippen LogP contribution >= 0.6 is 0 Å². The number of carbonyl (C=O) groups excluding carboxylic acids is 1. The summed E-state index contributed by atoms with van der Waals surface area (Å²) in [5, 5.41) is 9.66. The Morgan fingerprint density at radius 1 is 1.38 bits per heavy atom. The number of Topliss-reactive ketones (excluding diaryl/α,β-unsaturated/α-hetero) is 1. The number of benzene rings is 1. The highest BCUT2D eigenvalue weighted by atomic mass is 19.2. The standard InChI is InChI=1S/C12H14F2O2/c1-3-12(2,16)11(15)7-8-4-5-9(13)10(14)6-8/h4-6,16H,3,7H2,1-2H3. The van der Waals surface area contributed by atoms with E-state index < -0.39 is 23.0 Å². The number of hydrogen-bond acceptors (Lipinski definition) is 2. The summed E-state index contributed by atoms with van der Waals surface area (Å²) in [6.07, 6.45) is 0.188. The first-order valence-electron chi connectivity index (χ1n) is 5.06. The SMILES string of the molecule is CCC(C)(O)C(=O)Cc1ccc(F)c(F)c1. The van der Waals surface area contributed by atoms with Crippen LogP contribution in [0.2, 0.25) is 0 Å². The highest BCUT2D eigenvalue weighted by Crippen LogP contribution is 2.15. The molecule has 0 amide bonds. The molecule has 4 heteroatoms. The lowest BCUT2D eigenvalue weighted by Crippen LogP contribution is -2.35. The largest absolute Gasteiger partial charge is 0.382 e. The van der Waals surface area contributed by atoms with Gasteiger partial charge in [-0.3, -0.25) is 4.79 Å². The molecular formula is C12H14F2O2. The van der Waals surface area contributed by atoms with Crippen LogP contribution in [-0.2, 0) is 11.2 Å². The fraction of sp³-hybridized carbons (Fsp3) is 0.417. The first-order valence-corrected chi connectivity index (χ1v) is 5.06. The van der Waals surface area contributed by atoms with Gasteiger partial charge in [-0.2, -0.15) is 0 Å². The third-order valence-electron chi connectivity index (χ3n) is 2.64. The predicted octanol–water partition coefficient (Wildman–Crippen LogP) is 2.24. The zero-order valence-corrected chi connectivity index (χ0v) is 9.26. The second kappa shape index (κ2) is 4.70. The lowest BCUT2D eigenvalue weighted by atomic mass is 9.93. The van der Waals surface area contributed by atoms with E-state index >= 15 is 0 Å². The van der Waals surface area contributed by atoms with Crippen molar-refractivity contribution in [2.75, 3.05) is 0 Å². The molecule has 0 spiro atoms. The van der Waals surface area contributed by atoms with Crippen molar-refractivity contribution in [1.82, 2.24) is 0 Å². The Kier molecular flexibility index (Phi) is 3.75. The molecule has 1 aromatic carbocycles. The molecule has 88 valence electrons. The van der Waals surface area contributed by atoms with Crippen LogP contribution in [0.4, 0.5) is 8.78 Å². The summed E-state index contributed by atoms with van der Waals surface area (Å²) >= 11 is 0. The molecule has 1 unspecified atom stereocenters. The van der Waals surface area contributed by atoms with E-state index in [0.717, 1.165) is 12.1 Å². The molecule has 1 atom stereocenters. The first kappa shape index (κ1) is 12.8. The van der Waals surface area contributed by atoms with Crippen molar-refractivity contribution >= 4 is 5.78 Å². The topological polar surface area (TPSA) is 37.3 Å². The van der Waals surface area contributed by atoms with Crippen molar-refractivity contribution in [2.24, 2.45) is 0 Å². The van der Waals surface area contributed by atoms with Gasteiger partial charge in [-0.1, -0.05) is 13.0 Å². The third-order valence-corrected chi connectivity index (χ3v) is 2.64. The summed E-state index contributed by atoms with van der Waals surface area (Å²) in [5.74, 6) is -2.33. The van der Waals surface area contributed by atoms with Crippen LogP contribution in [-0.4, -0.2) is 16.5 Å². The lowest BCUT2D eigenvalue weighted by molar-refractivity contribution is -0.135. The highest BCUT2D eigenvalue weighted by molar-refractivity contribution is 5.88. The minimum atomic E-state index is -1.41. The first-order chi connectivity index (χ1) is 7.36. The third kappa shape index (κ3) is 2.85. The Balaban J connectivity index is 2.82. The summed E-state index contributed by atoms with van der Waals surface area (Å²) < 4.78 is 25.5. The normalized spacial score (nSPS) is 14.6. The Labute approximate surface area is 92.9 Å². The van der Waals surface area contributed by atoms with Crippen LogP contribution in [0.5, 0.6) is 0 Å². The smallest absolute Gasteiger partial charge is 0.168 e.